The van der Waals surface area contributed by atoms with E-state index in [1.165, 1.54) is 16.7 Å². The molecule has 2 rings (SSSR count). The topological polar surface area (TPSA) is 24.9 Å². The maximum atomic E-state index is 4.24. The van der Waals surface area contributed by atoms with E-state index in [1.54, 1.807) is 0 Å². The Morgan fingerprint density at radius 3 is 2.84 bits per heavy atom. The lowest BCUT2D eigenvalue weighted by molar-refractivity contribution is 0.594. The standard InChI is InChI=1S/C16H19BrN2/c1-3-8-19-16(13-5-4-9-18-11-13)15-10-14(17)7-6-12(15)2/h4-7,9-11,16,19H,3,8H2,1-2H3. The van der Waals surface area contributed by atoms with Gasteiger partial charge in [0, 0.05) is 16.9 Å². The summed E-state index contributed by atoms with van der Waals surface area (Å²) in [6, 6.07) is 10.7. The van der Waals surface area contributed by atoms with Crippen LogP contribution in [0.15, 0.2) is 47.2 Å². The fourth-order valence-corrected chi connectivity index (χ4v) is 2.54. The molecule has 2 aromatic rings. The number of hydrogen-bond donors (Lipinski definition) is 1. The maximum absolute atomic E-state index is 4.24. The first kappa shape index (κ1) is 14.2. The summed E-state index contributed by atoms with van der Waals surface area (Å²) in [5, 5.41) is 3.61. The second-order valence-corrected chi connectivity index (χ2v) is 5.59. The van der Waals surface area contributed by atoms with Crippen molar-refractivity contribution < 1.29 is 0 Å². The predicted octanol–water partition coefficient (Wildman–Crippen LogP) is 4.24. The molecule has 1 aromatic carbocycles. The third kappa shape index (κ3) is 3.64. The number of nitrogens with zero attached hydrogens (tertiary/aromatic N) is 1. The van der Waals surface area contributed by atoms with E-state index in [0.717, 1.165) is 17.4 Å². The predicted molar refractivity (Wildman–Crippen MR) is 83.3 cm³/mol. The van der Waals surface area contributed by atoms with Gasteiger partial charge >= 0.3 is 0 Å². The minimum Gasteiger partial charge on any atom is -0.306 e. The first-order valence-electron chi connectivity index (χ1n) is 6.61. The van der Waals surface area contributed by atoms with Gasteiger partial charge in [0.2, 0.25) is 0 Å². The molecule has 1 heterocycles. The Morgan fingerprint density at radius 2 is 2.16 bits per heavy atom. The average Bonchev–Trinajstić information content (AvgIpc) is 2.44. The monoisotopic (exact) mass is 318 g/mol. The highest BCUT2D eigenvalue weighted by atomic mass is 79.9. The molecular formula is C16H19BrN2. The van der Waals surface area contributed by atoms with Crippen LogP contribution in [-0.2, 0) is 0 Å². The SMILES string of the molecule is CCCNC(c1cccnc1)c1cc(Br)ccc1C. The van der Waals surface area contributed by atoms with Crippen molar-refractivity contribution in [1.82, 2.24) is 10.3 Å². The highest BCUT2D eigenvalue weighted by molar-refractivity contribution is 9.10. The smallest absolute Gasteiger partial charge is 0.0594 e. The summed E-state index contributed by atoms with van der Waals surface area (Å²) in [5.74, 6) is 0. The van der Waals surface area contributed by atoms with Crippen LogP contribution in [-0.4, -0.2) is 11.5 Å². The summed E-state index contributed by atoms with van der Waals surface area (Å²) in [4.78, 5) is 4.24. The fraction of sp³-hybridized carbons (Fsp3) is 0.312. The maximum Gasteiger partial charge on any atom is 0.0594 e. The number of halogens is 1. The minimum absolute atomic E-state index is 0.200. The number of nitrogens with one attached hydrogen (secondary N) is 1. The third-order valence-corrected chi connectivity index (χ3v) is 3.66. The Hall–Kier alpha value is -1.19. The number of benzene rings is 1. The Bertz CT molecular complexity index is 526. The van der Waals surface area contributed by atoms with Crippen LogP contribution in [0.4, 0.5) is 0 Å². The molecule has 0 amide bonds. The summed E-state index contributed by atoms with van der Waals surface area (Å²) in [6.45, 7) is 5.32. The molecule has 0 aliphatic heterocycles. The van der Waals surface area contributed by atoms with Crippen LogP contribution in [0.25, 0.3) is 0 Å². The average molecular weight is 319 g/mol. The summed E-state index contributed by atoms with van der Waals surface area (Å²) >= 11 is 3.56. The van der Waals surface area contributed by atoms with Crippen molar-refractivity contribution in [3.63, 3.8) is 0 Å². The van der Waals surface area contributed by atoms with Gasteiger partial charge in [0.1, 0.15) is 0 Å². The lowest BCUT2D eigenvalue weighted by atomic mass is 9.96. The molecular weight excluding hydrogens is 300 g/mol. The van der Waals surface area contributed by atoms with Crippen molar-refractivity contribution >= 4 is 15.9 Å². The van der Waals surface area contributed by atoms with Crippen molar-refractivity contribution in [1.29, 1.82) is 0 Å². The molecule has 0 saturated carbocycles. The summed E-state index contributed by atoms with van der Waals surface area (Å²) in [6.07, 6.45) is 4.87. The van der Waals surface area contributed by atoms with Gasteiger partial charge in [-0.1, -0.05) is 35.0 Å². The second-order valence-electron chi connectivity index (χ2n) is 4.67. The highest BCUT2D eigenvalue weighted by Crippen LogP contribution is 2.27. The molecule has 1 unspecified atom stereocenters. The van der Waals surface area contributed by atoms with Crippen LogP contribution in [0.2, 0.25) is 0 Å². The van der Waals surface area contributed by atoms with E-state index in [-0.39, 0.29) is 6.04 Å². The summed E-state index contributed by atoms with van der Waals surface area (Å²) in [7, 11) is 0. The van der Waals surface area contributed by atoms with Crippen molar-refractivity contribution in [2.75, 3.05) is 6.54 Å². The van der Waals surface area contributed by atoms with Crippen LogP contribution in [0.1, 0.15) is 36.1 Å². The fourth-order valence-electron chi connectivity index (χ4n) is 2.17. The zero-order valence-electron chi connectivity index (χ0n) is 11.4. The lowest BCUT2D eigenvalue weighted by Gasteiger charge is -2.21. The first-order valence-corrected chi connectivity index (χ1v) is 7.41. The van der Waals surface area contributed by atoms with Gasteiger partial charge < -0.3 is 5.32 Å². The third-order valence-electron chi connectivity index (χ3n) is 3.17. The van der Waals surface area contributed by atoms with Gasteiger partial charge in [-0.15, -0.1) is 0 Å². The Kier molecular flexibility index (Phi) is 5.11. The first-order chi connectivity index (χ1) is 9.22. The van der Waals surface area contributed by atoms with E-state index in [1.807, 2.05) is 18.5 Å². The summed E-state index contributed by atoms with van der Waals surface area (Å²) < 4.78 is 1.11. The molecule has 100 valence electrons. The number of rotatable bonds is 5. The number of hydrogen-bond acceptors (Lipinski definition) is 2. The van der Waals surface area contributed by atoms with E-state index < -0.39 is 0 Å². The van der Waals surface area contributed by atoms with Crippen LogP contribution in [0.5, 0.6) is 0 Å². The number of aromatic nitrogens is 1. The molecule has 2 nitrogen and oxygen atoms in total. The normalized spacial score (nSPS) is 12.4. The summed E-state index contributed by atoms with van der Waals surface area (Å²) in [5.41, 5.74) is 3.80. The molecule has 0 fully saturated rings. The van der Waals surface area contributed by atoms with Gasteiger partial charge in [0.05, 0.1) is 6.04 Å². The second kappa shape index (κ2) is 6.83. The van der Waals surface area contributed by atoms with Crippen molar-refractivity contribution in [3.8, 4) is 0 Å². The van der Waals surface area contributed by atoms with E-state index in [4.69, 9.17) is 0 Å². The minimum atomic E-state index is 0.200. The van der Waals surface area contributed by atoms with E-state index in [2.05, 4.69) is 64.3 Å². The molecule has 0 bridgehead atoms. The Balaban J connectivity index is 2.40. The molecule has 1 N–H and O–H groups in total. The quantitative estimate of drug-likeness (QED) is 0.891. The van der Waals surface area contributed by atoms with Gasteiger partial charge in [0.15, 0.2) is 0 Å². The Morgan fingerprint density at radius 1 is 1.32 bits per heavy atom. The van der Waals surface area contributed by atoms with Crippen LogP contribution in [0, 0.1) is 6.92 Å². The van der Waals surface area contributed by atoms with Crippen LogP contribution in [0.3, 0.4) is 0 Å². The largest absolute Gasteiger partial charge is 0.306 e. The molecule has 1 atom stereocenters. The molecule has 19 heavy (non-hydrogen) atoms. The molecule has 0 saturated heterocycles. The Labute approximate surface area is 123 Å². The van der Waals surface area contributed by atoms with Crippen molar-refractivity contribution in [2.24, 2.45) is 0 Å². The van der Waals surface area contributed by atoms with Gasteiger partial charge in [-0.25, -0.2) is 0 Å². The number of pyridine rings is 1. The molecule has 0 spiro atoms. The van der Waals surface area contributed by atoms with E-state index >= 15 is 0 Å². The zero-order chi connectivity index (χ0) is 13.7. The highest BCUT2D eigenvalue weighted by Gasteiger charge is 2.15. The van der Waals surface area contributed by atoms with Crippen molar-refractivity contribution in [2.45, 2.75) is 26.3 Å². The molecule has 0 aliphatic carbocycles. The molecule has 0 radical (unpaired) electrons. The lowest BCUT2D eigenvalue weighted by Crippen LogP contribution is -2.24. The van der Waals surface area contributed by atoms with Gasteiger partial charge in [-0.3, -0.25) is 4.98 Å². The van der Waals surface area contributed by atoms with Gasteiger partial charge in [-0.2, -0.15) is 0 Å². The van der Waals surface area contributed by atoms with Crippen molar-refractivity contribution in [3.05, 3.63) is 63.9 Å². The molecule has 0 aliphatic rings. The number of aryl methyl sites for hydroxylation is 1. The molecule has 1 aromatic heterocycles. The van der Waals surface area contributed by atoms with E-state index in [0.29, 0.717) is 0 Å². The van der Waals surface area contributed by atoms with Gasteiger partial charge in [0.25, 0.3) is 0 Å². The zero-order valence-corrected chi connectivity index (χ0v) is 12.9. The molecule has 3 heteroatoms. The van der Waals surface area contributed by atoms with Crippen LogP contribution < -0.4 is 5.32 Å². The van der Waals surface area contributed by atoms with E-state index in [9.17, 15) is 0 Å². The van der Waals surface area contributed by atoms with Gasteiger partial charge in [-0.05, 0) is 54.8 Å². The van der Waals surface area contributed by atoms with Crippen LogP contribution >= 0.6 is 15.9 Å².